The van der Waals surface area contributed by atoms with E-state index in [0.29, 0.717) is 12.1 Å². The smallest absolute Gasteiger partial charge is 0.251 e. The number of nitrogens with zero attached hydrogens (tertiary/aromatic N) is 1. The van der Waals surface area contributed by atoms with E-state index in [2.05, 4.69) is 15.3 Å². The molecule has 3 aromatic rings. The van der Waals surface area contributed by atoms with Crippen LogP contribution in [0.4, 0.5) is 0 Å². The molecule has 0 radical (unpaired) electrons. The number of carbonyl (C=O) groups excluding carboxylic acids is 1. The lowest BCUT2D eigenvalue weighted by atomic mass is 10.1. The van der Waals surface area contributed by atoms with Crippen LogP contribution in [-0.4, -0.2) is 15.9 Å². The fraction of sp³-hybridized carbons (Fsp3) is 0.143. The zero-order valence-corrected chi connectivity index (χ0v) is 11.3. The summed E-state index contributed by atoms with van der Waals surface area (Å²) in [5, 5.41) is 4.96. The number of amides is 1. The van der Waals surface area contributed by atoms with Crippen LogP contribution in [0.25, 0.3) is 10.9 Å². The first-order valence-electron chi connectivity index (χ1n) is 5.99. The summed E-state index contributed by atoms with van der Waals surface area (Å²) >= 11 is 1.60. The second-order valence-corrected chi connectivity index (χ2v) is 5.63. The summed E-state index contributed by atoms with van der Waals surface area (Å²) in [7, 11) is 0. The van der Waals surface area contributed by atoms with E-state index in [1.165, 1.54) is 0 Å². The van der Waals surface area contributed by atoms with Crippen molar-refractivity contribution in [1.82, 2.24) is 15.3 Å². The number of nitrogens with one attached hydrogen (secondary N) is 2. The van der Waals surface area contributed by atoms with Crippen molar-refractivity contribution in [1.29, 1.82) is 0 Å². The summed E-state index contributed by atoms with van der Waals surface area (Å²) in [6.07, 6.45) is 3.67. The molecule has 5 heteroatoms. The van der Waals surface area contributed by atoms with Gasteiger partial charge in [-0.1, -0.05) is 0 Å². The number of thiazole rings is 1. The highest BCUT2D eigenvalue weighted by Gasteiger charge is 2.07. The third-order valence-corrected chi connectivity index (χ3v) is 3.82. The third-order valence-electron chi connectivity index (χ3n) is 2.91. The lowest BCUT2D eigenvalue weighted by Crippen LogP contribution is -2.22. The molecular weight excluding hydrogens is 258 g/mol. The van der Waals surface area contributed by atoms with Gasteiger partial charge in [0.05, 0.1) is 11.6 Å². The van der Waals surface area contributed by atoms with Gasteiger partial charge in [0.2, 0.25) is 0 Å². The van der Waals surface area contributed by atoms with Gasteiger partial charge in [-0.05, 0) is 31.2 Å². The van der Waals surface area contributed by atoms with E-state index in [0.717, 1.165) is 20.8 Å². The van der Waals surface area contributed by atoms with Crippen LogP contribution >= 0.6 is 11.3 Å². The molecule has 0 spiro atoms. The highest BCUT2D eigenvalue weighted by Crippen LogP contribution is 2.15. The van der Waals surface area contributed by atoms with Crippen LogP contribution < -0.4 is 5.32 Å². The van der Waals surface area contributed by atoms with E-state index in [9.17, 15) is 4.79 Å². The van der Waals surface area contributed by atoms with Gasteiger partial charge >= 0.3 is 0 Å². The number of carbonyl (C=O) groups is 1. The Morgan fingerprint density at radius 3 is 3.11 bits per heavy atom. The molecule has 0 aliphatic heterocycles. The number of aromatic nitrogens is 2. The minimum Gasteiger partial charge on any atom is -0.361 e. The molecule has 0 saturated heterocycles. The number of aryl methyl sites for hydroxylation is 1. The monoisotopic (exact) mass is 271 g/mol. The zero-order chi connectivity index (χ0) is 13.2. The van der Waals surface area contributed by atoms with Gasteiger partial charge in [0, 0.05) is 33.7 Å². The molecule has 0 fully saturated rings. The molecule has 0 saturated carbocycles. The summed E-state index contributed by atoms with van der Waals surface area (Å²) in [6.45, 7) is 2.48. The van der Waals surface area contributed by atoms with E-state index < -0.39 is 0 Å². The topological polar surface area (TPSA) is 57.8 Å². The largest absolute Gasteiger partial charge is 0.361 e. The Labute approximate surface area is 114 Å². The Morgan fingerprint density at radius 1 is 1.42 bits per heavy atom. The molecule has 2 N–H and O–H groups in total. The first-order valence-corrected chi connectivity index (χ1v) is 6.81. The molecule has 0 bridgehead atoms. The second-order valence-electron chi connectivity index (χ2n) is 4.31. The van der Waals surface area contributed by atoms with Crippen LogP contribution in [0.3, 0.4) is 0 Å². The highest BCUT2D eigenvalue weighted by molar-refractivity contribution is 7.11. The molecule has 4 nitrogen and oxygen atoms in total. The molecule has 0 aliphatic carbocycles. The summed E-state index contributed by atoms with van der Waals surface area (Å²) < 4.78 is 0. The molecule has 0 aliphatic rings. The van der Waals surface area contributed by atoms with Gasteiger partial charge in [0.25, 0.3) is 5.91 Å². The Balaban J connectivity index is 1.72. The first-order chi connectivity index (χ1) is 9.22. The van der Waals surface area contributed by atoms with Crippen molar-refractivity contribution >= 4 is 28.1 Å². The predicted octanol–water partition coefficient (Wildman–Crippen LogP) is 2.86. The molecule has 96 valence electrons. The summed E-state index contributed by atoms with van der Waals surface area (Å²) in [4.78, 5) is 20.4. The van der Waals surface area contributed by atoms with Crippen LogP contribution in [-0.2, 0) is 6.54 Å². The minimum absolute atomic E-state index is 0.0610. The second kappa shape index (κ2) is 4.85. The third kappa shape index (κ3) is 2.51. The van der Waals surface area contributed by atoms with Crippen LogP contribution in [0, 0.1) is 6.92 Å². The van der Waals surface area contributed by atoms with E-state index in [1.54, 1.807) is 17.5 Å². The SMILES string of the molecule is Cc1ncc(CNC(=O)c2ccc3[nH]ccc3c2)s1. The van der Waals surface area contributed by atoms with Gasteiger partial charge in [-0.15, -0.1) is 11.3 Å². The van der Waals surface area contributed by atoms with E-state index >= 15 is 0 Å². The molecule has 0 unspecified atom stereocenters. The number of hydrogen-bond acceptors (Lipinski definition) is 3. The molecule has 2 heterocycles. The number of H-pyrrole nitrogens is 1. The molecule has 3 rings (SSSR count). The van der Waals surface area contributed by atoms with Gasteiger partial charge in [0.15, 0.2) is 0 Å². The van der Waals surface area contributed by atoms with Gasteiger partial charge in [-0.3, -0.25) is 4.79 Å². The summed E-state index contributed by atoms with van der Waals surface area (Å²) in [5.41, 5.74) is 1.71. The first kappa shape index (κ1) is 11.9. The predicted molar refractivity (Wildman–Crippen MR) is 76.3 cm³/mol. The Kier molecular flexibility index (Phi) is 3.05. The standard InChI is InChI=1S/C14H13N3OS/c1-9-16-7-12(19-9)8-17-14(18)11-2-3-13-10(6-11)4-5-15-13/h2-7,15H,8H2,1H3,(H,17,18). The Bertz CT molecular complexity index is 729. The van der Waals surface area contributed by atoms with Crippen molar-refractivity contribution in [2.45, 2.75) is 13.5 Å². The van der Waals surface area contributed by atoms with E-state index in [4.69, 9.17) is 0 Å². The fourth-order valence-corrected chi connectivity index (χ4v) is 2.69. The normalized spacial score (nSPS) is 10.8. The van der Waals surface area contributed by atoms with Crippen LogP contribution in [0.5, 0.6) is 0 Å². The Hall–Kier alpha value is -2.14. The van der Waals surface area contributed by atoms with Gasteiger partial charge in [0.1, 0.15) is 0 Å². The number of hydrogen-bond donors (Lipinski definition) is 2. The zero-order valence-electron chi connectivity index (χ0n) is 10.4. The van der Waals surface area contributed by atoms with Crippen molar-refractivity contribution in [3.63, 3.8) is 0 Å². The number of aromatic amines is 1. The van der Waals surface area contributed by atoms with Gasteiger partial charge < -0.3 is 10.3 Å². The average molecular weight is 271 g/mol. The maximum absolute atomic E-state index is 12.1. The van der Waals surface area contributed by atoms with E-state index in [-0.39, 0.29) is 5.91 Å². The van der Waals surface area contributed by atoms with Crippen molar-refractivity contribution in [2.24, 2.45) is 0 Å². The minimum atomic E-state index is -0.0610. The van der Waals surface area contributed by atoms with Crippen molar-refractivity contribution in [3.8, 4) is 0 Å². The van der Waals surface area contributed by atoms with Gasteiger partial charge in [-0.25, -0.2) is 4.98 Å². The van der Waals surface area contributed by atoms with Crippen LogP contribution in [0.2, 0.25) is 0 Å². The van der Waals surface area contributed by atoms with Crippen molar-refractivity contribution in [2.75, 3.05) is 0 Å². The molecule has 19 heavy (non-hydrogen) atoms. The number of rotatable bonds is 3. The fourth-order valence-electron chi connectivity index (χ4n) is 1.95. The lowest BCUT2D eigenvalue weighted by Gasteiger charge is -2.03. The van der Waals surface area contributed by atoms with Crippen molar-refractivity contribution < 1.29 is 4.79 Å². The molecular formula is C14H13N3OS. The molecule has 0 atom stereocenters. The molecule has 2 aromatic heterocycles. The maximum atomic E-state index is 12.1. The Morgan fingerprint density at radius 2 is 2.32 bits per heavy atom. The summed E-state index contributed by atoms with van der Waals surface area (Å²) in [5.74, 6) is -0.0610. The quantitative estimate of drug-likeness (QED) is 0.769. The number of fused-ring (bicyclic) bond motifs is 1. The van der Waals surface area contributed by atoms with E-state index in [1.807, 2.05) is 37.4 Å². The van der Waals surface area contributed by atoms with Gasteiger partial charge in [-0.2, -0.15) is 0 Å². The lowest BCUT2D eigenvalue weighted by molar-refractivity contribution is 0.0951. The highest BCUT2D eigenvalue weighted by atomic mass is 32.1. The van der Waals surface area contributed by atoms with Crippen molar-refractivity contribution in [3.05, 3.63) is 52.1 Å². The summed E-state index contributed by atoms with van der Waals surface area (Å²) in [6, 6.07) is 7.59. The average Bonchev–Trinajstić information content (AvgIpc) is 3.03. The van der Waals surface area contributed by atoms with Crippen LogP contribution in [0.1, 0.15) is 20.2 Å². The molecule has 1 amide bonds. The maximum Gasteiger partial charge on any atom is 0.251 e. The van der Waals surface area contributed by atoms with Crippen LogP contribution in [0.15, 0.2) is 36.7 Å². The number of benzene rings is 1. The molecule has 1 aromatic carbocycles.